The fourth-order valence-corrected chi connectivity index (χ4v) is 5.60. The fourth-order valence-electron chi connectivity index (χ4n) is 5.60. The number of pyridine rings is 1. The Bertz CT molecular complexity index is 1150. The number of nitrogens with zero attached hydrogens (tertiary/aromatic N) is 3. The van der Waals surface area contributed by atoms with Gasteiger partial charge in [-0.1, -0.05) is 0 Å². The van der Waals surface area contributed by atoms with E-state index in [2.05, 4.69) is 20.5 Å². The van der Waals surface area contributed by atoms with Crippen molar-refractivity contribution >= 4 is 11.8 Å². The average molecular weight is 526 g/mol. The van der Waals surface area contributed by atoms with Gasteiger partial charge in [-0.2, -0.15) is 18.3 Å². The number of methoxy groups -OCH3 is 1. The largest absolute Gasteiger partial charge is 0.481 e. The van der Waals surface area contributed by atoms with Gasteiger partial charge >= 0.3 is 6.18 Å². The van der Waals surface area contributed by atoms with E-state index >= 15 is 0 Å². The zero-order valence-corrected chi connectivity index (χ0v) is 20.1. The van der Waals surface area contributed by atoms with Crippen molar-refractivity contribution < 1.29 is 36.6 Å². The van der Waals surface area contributed by atoms with Gasteiger partial charge in [-0.15, -0.1) is 0 Å². The summed E-state index contributed by atoms with van der Waals surface area (Å²) in [7, 11) is 1.41. The number of H-pyrrole nitrogens is 1. The molecule has 1 unspecified atom stereocenters. The van der Waals surface area contributed by atoms with Crippen LogP contribution in [0.5, 0.6) is 5.88 Å². The lowest BCUT2D eigenvalue weighted by Gasteiger charge is -2.39. The summed E-state index contributed by atoms with van der Waals surface area (Å²) in [4.78, 5) is 31.8. The first-order chi connectivity index (χ1) is 17.6. The van der Waals surface area contributed by atoms with Crippen molar-refractivity contribution in [3.05, 3.63) is 29.8 Å². The van der Waals surface area contributed by atoms with E-state index in [1.165, 1.54) is 19.2 Å². The Hall–Kier alpha value is -3.22. The van der Waals surface area contributed by atoms with Crippen LogP contribution in [0.1, 0.15) is 49.0 Å². The van der Waals surface area contributed by atoms with Crippen LogP contribution in [0.3, 0.4) is 0 Å². The van der Waals surface area contributed by atoms with Crippen molar-refractivity contribution in [2.24, 2.45) is 5.92 Å². The molecule has 5 atom stereocenters. The molecule has 0 saturated carbocycles. The number of halogens is 4. The fraction of sp³-hybridized carbons (Fsp3) is 0.583. The third-order valence-corrected chi connectivity index (χ3v) is 7.45. The van der Waals surface area contributed by atoms with Gasteiger partial charge in [-0.25, -0.2) is 9.37 Å². The number of rotatable bonds is 5. The Morgan fingerprint density at radius 2 is 1.89 bits per heavy atom. The molecule has 2 amide bonds. The molecule has 0 aliphatic carbocycles. The molecule has 3 aliphatic heterocycles. The SMILES string of the molecule is COc1cc(-c2cc(C(=O)N3C4CC[C@@H]3C[C@@H](C(=O)N[C@H]3CC[C@@H](C(F)(F)F)OC3)C4)n[nH]2)c(F)cn1. The highest BCUT2D eigenvalue weighted by Crippen LogP contribution is 2.40. The minimum atomic E-state index is -4.40. The number of ether oxygens (including phenoxy) is 2. The number of alkyl halides is 3. The first-order valence-corrected chi connectivity index (χ1v) is 12.2. The van der Waals surface area contributed by atoms with Crippen molar-refractivity contribution in [2.75, 3.05) is 13.7 Å². The highest BCUT2D eigenvalue weighted by atomic mass is 19.4. The lowest BCUT2D eigenvalue weighted by molar-refractivity contribution is -0.232. The molecule has 37 heavy (non-hydrogen) atoms. The van der Waals surface area contributed by atoms with Crippen molar-refractivity contribution in [2.45, 2.75) is 68.9 Å². The summed E-state index contributed by atoms with van der Waals surface area (Å²) in [5.74, 6) is -1.22. The second-order valence-electron chi connectivity index (χ2n) is 9.79. The molecular weight excluding hydrogens is 498 g/mol. The zero-order chi connectivity index (χ0) is 26.3. The van der Waals surface area contributed by atoms with E-state index in [1.54, 1.807) is 4.90 Å². The van der Waals surface area contributed by atoms with Crippen LogP contribution < -0.4 is 10.1 Å². The van der Waals surface area contributed by atoms with Gasteiger partial charge in [-0.3, -0.25) is 14.7 Å². The molecule has 2 N–H and O–H groups in total. The van der Waals surface area contributed by atoms with E-state index in [9.17, 15) is 27.2 Å². The molecule has 2 aromatic heterocycles. The minimum absolute atomic E-state index is 0.142. The van der Waals surface area contributed by atoms with Crippen LogP contribution in [0.4, 0.5) is 17.6 Å². The van der Waals surface area contributed by atoms with E-state index in [1.807, 2.05) is 0 Å². The second-order valence-corrected chi connectivity index (χ2v) is 9.79. The minimum Gasteiger partial charge on any atom is -0.481 e. The van der Waals surface area contributed by atoms with Crippen LogP contribution in [-0.4, -0.2) is 76.0 Å². The molecule has 200 valence electrons. The van der Waals surface area contributed by atoms with Gasteiger partial charge in [-0.05, 0) is 44.6 Å². The Kier molecular flexibility index (Phi) is 6.82. The molecule has 2 aromatic rings. The summed E-state index contributed by atoms with van der Waals surface area (Å²) >= 11 is 0. The van der Waals surface area contributed by atoms with E-state index in [0.717, 1.165) is 19.0 Å². The first-order valence-electron chi connectivity index (χ1n) is 12.2. The lowest BCUT2D eigenvalue weighted by Crippen LogP contribution is -2.52. The van der Waals surface area contributed by atoms with Gasteiger partial charge in [0, 0.05) is 29.6 Å². The van der Waals surface area contributed by atoms with Crippen LogP contribution in [0.15, 0.2) is 18.3 Å². The number of aromatic nitrogens is 3. The predicted molar refractivity (Wildman–Crippen MR) is 121 cm³/mol. The number of amides is 2. The zero-order valence-electron chi connectivity index (χ0n) is 20.1. The summed E-state index contributed by atoms with van der Waals surface area (Å²) in [6.45, 7) is -0.175. The van der Waals surface area contributed by atoms with Crippen molar-refractivity contribution in [3.8, 4) is 17.1 Å². The number of fused-ring (bicyclic) bond motifs is 2. The number of hydrogen-bond acceptors (Lipinski definition) is 6. The van der Waals surface area contributed by atoms with Crippen LogP contribution >= 0.6 is 0 Å². The molecule has 9 nitrogen and oxygen atoms in total. The summed E-state index contributed by atoms with van der Waals surface area (Å²) in [6, 6.07) is 2.12. The van der Waals surface area contributed by atoms with Crippen LogP contribution in [0.25, 0.3) is 11.3 Å². The topological polar surface area (TPSA) is 109 Å². The third-order valence-electron chi connectivity index (χ3n) is 7.45. The molecule has 0 aromatic carbocycles. The Balaban J connectivity index is 1.20. The Morgan fingerprint density at radius 3 is 2.51 bits per heavy atom. The summed E-state index contributed by atoms with van der Waals surface area (Å²) in [6.07, 6.45) is -2.74. The molecular formula is C24H27F4N5O4. The van der Waals surface area contributed by atoms with E-state index in [-0.39, 0.29) is 66.4 Å². The highest BCUT2D eigenvalue weighted by Gasteiger charge is 2.47. The number of aromatic amines is 1. The van der Waals surface area contributed by atoms with E-state index < -0.39 is 24.1 Å². The number of carbonyl (C=O) groups is 2. The van der Waals surface area contributed by atoms with Gasteiger partial charge in [0.2, 0.25) is 11.8 Å². The number of carbonyl (C=O) groups excluding carboxylic acids is 2. The summed E-state index contributed by atoms with van der Waals surface area (Å²) in [5, 5.41) is 9.64. The normalized spacial score (nSPS) is 27.7. The summed E-state index contributed by atoms with van der Waals surface area (Å²) in [5.41, 5.74) is 0.624. The quantitative estimate of drug-likeness (QED) is 0.581. The summed E-state index contributed by atoms with van der Waals surface area (Å²) < 4.78 is 62.6. The smallest absolute Gasteiger partial charge is 0.414 e. The van der Waals surface area contributed by atoms with E-state index in [0.29, 0.717) is 18.5 Å². The van der Waals surface area contributed by atoms with Crippen LogP contribution in [0.2, 0.25) is 0 Å². The molecule has 0 radical (unpaired) electrons. The molecule has 5 heterocycles. The van der Waals surface area contributed by atoms with E-state index in [4.69, 9.17) is 9.47 Å². The number of nitrogens with one attached hydrogen (secondary N) is 2. The maximum absolute atomic E-state index is 14.3. The predicted octanol–water partition coefficient (Wildman–Crippen LogP) is 3.23. The number of piperidine rings is 1. The standard InChI is InChI=1S/C24H27F4N5O4/c1-36-21-8-16(17(25)10-29-21)18-9-19(32-31-18)23(35)33-14-3-4-15(33)7-12(6-14)22(34)30-13-2-5-20(37-11-13)24(26,27)28/h8-10,12-15,20H,2-7,11H2,1H3,(H,30,34)(H,31,32)/t12-,13-,14?,15+,20-/m0/s1. The van der Waals surface area contributed by atoms with Crippen molar-refractivity contribution in [3.63, 3.8) is 0 Å². The van der Waals surface area contributed by atoms with Crippen LogP contribution in [-0.2, 0) is 9.53 Å². The molecule has 5 rings (SSSR count). The molecule has 0 spiro atoms. The van der Waals surface area contributed by atoms with Crippen molar-refractivity contribution in [1.82, 2.24) is 25.4 Å². The van der Waals surface area contributed by atoms with Gasteiger partial charge in [0.1, 0.15) is 0 Å². The molecule has 13 heteroatoms. The van der Waals surface area contributed by atoms with Crippen LogP contribution in [0, 0.1) is 11.7 Å². The molecule has 3 saturated heterocycles. The van der Waals surface area contributed by atoms with Gasteiger partial charge in [0.25, 0.3) is 5.91 Å². The molecule has 3 aliphatic rings. The average Bonchev–Trinajstić information content (AvgIpc) is 3.46. The maximum atomic E-state index is 14.3. The Labute approximate surface area is 209 Å². The highest BCUT2D eigenvalue weighted by molar-refractivity contribution is 5.94. The Morgan fingerprint density at radius 1 is 1.16 bits per heavy atom. The van der Waals surface area contributed by atoms with Crippen molar-refractivity contribution in [1.29, 1.82) is 0 Å². The monoisotopic (exact) mass is 525 g/mol. The number of hydrogen-bond donors (Lipinski definition) is 2. The lowest BCUT2D eigenvalue weighted by atomic mass is 9.89. The maximum Gasteiger partial charge on any atom is 0.414 e. The van der Waals surface area contributed by atoms with Gasteiger partial charge in [0.15, 0.2) is 17.6 Å². The molecule has 3 fully saturated rings. The third kappa shape index (κ3) is 5.13. The first kappa shape index (κ1) is 25.4. The molecule has 2 bridgehead atoms. The van der Waals surface area contributed by atoms with Gasteiger partial charge in [0.05, 0.1) is 31.6 Å². The van der Waals surface area contributed by atoms with Gasteiger partial charge < -0.3 is 19.7 Å². The second kappa shape index (κ2) is 9.92.